The van der Waals surface area contributed by atoms with E-state index in [0.29, 0.717) is 47.4 Å². The maximum absolute atomic E-state index is 12.3. The molecule has 3 rings (SSSR count). The first-order valence-electron chi connectivity index (χ1n) is 7.79. The van der Waals surface area contributed by atoms with Crippen LogP contribution in [0.2, 0.25) is 10.0 Å². The minimum Gasteiger partial charge on any atom is -0.472 e. The third-order valence-corrected chi connectivity index (χ3v) is 4.70. The average molecular weight is 379 g/mol. The van der Waals surface area contributed by atoms with Crippen molar-refractivity contribution in [1.29, 1.82) is 0 Å². The molecule has 1 saturated heterocycles. The summed E-state index contributed by atoms with van der Waals surface area (Å²) in [5.74, 6) is -0.217. The van der Waals surface area contributed by atoms with Crippen molar-refractivity contribution in [3.8, 4) is 0 Å². The van der Waals surface area contributed by atoms with Crippen LogP contribution < -0.4 is 0 Å². The molecule has 2 aromatic rings. The fraction of sp³-hybridized carbons (Fsp3) is 0.222. The van der Waals surface area contributed by atoms with Gasteiger partial charge in [0.25, 0.3) is 5.91 Å². The molecule has 1 aliphatic heterocycles. The Morgan fingerprint density at radius 3 is 2.24 bits per heavy atom. The molecule has 5 nitrogen and oxygen atoms in total. The Balaban J connectivity index is 1.58. The summed E-state index contributed by atoms with van der Waals surface area (Å²) in [6.45, 7) is 1.92. The summed E-state index contributed by atoms with van der Waals surface area (Å²) >= 11 is 12.2. The number of halogens is 2. The molecule has 1 aromatic heterocycles. The molecule has 0 aliphatic carbocycles. The number of furan rings is 1. The lowest BCUT2D eigenvalue weighted by Crippen LogP contribution is -2.50. The number of hydrogen-bond donors (Lipinski definition) is 0. The van der Waals surface area contributed by atoms with E-state index in [1.165, 1.54) is 18.6 Å². The SMILES string of the molecule is O=C(/C=C/c1c(Cl)cccc1Cl)N1CCN(C(=O)c2ccoc2)CC1. The quantitative estimate of drug-likeness (QED) is 0.766. The van der Waals surface area contributed by atoms with E-state index in [-0.39, 0.29) is 11.8 Å². The first-order chi connectivity index (χ1) is 12.1. The molecular formula is C18H16Cl2N2O3. The maximum atomic E-state index is 12.3. The van der Waals surface area contributed by atoms with Gasteiger partial charge in [0.15, 0.2) is 0 Å². The number of piperazine rings is 1. The van der Waals surface area contributed by atoms with Gasteiger partial charge in [0.1, 0.15) is 6.26 Å². The summed E-state index contributed by atoms with van der Waals surface area (Å²) in [5, 5.41) is 0.985. The molecule has 2 amide bonds. The van der Waals surface area contributed by atoms with Gasteiger partial charge in [-0.05, 0) is 24.3 Å². The molecule has 0 saturated carbocycles. The smallest absolute Gasteiger partial charge is 0.257 e. The number of rotatable bonds is 3. The van der Waals surface area contributed by atoms with Gasteiger partial charge in [0, 0.05) is 47.9 Å². The second-order valence-corrected chi connectivity index (χ2v) is 6.41. The molecule has 2 heterocycles. The Bertz CT molecular complexity index is 774. The van der Waals surface area contributed by atoms with E-state index in [9.17, 15) is 9.59 Å². The van der Waals surface area contributed by atoms with Gasteiger partial charge < -0.3 is 14.2 Å². The van der Waals surface area contributed by atoms with Crippen LogP contribution in [0.15, 0.2) is 47.3 Å². The minimum absolute atomic E-state index is 0.0840. The highest BCUT2D eigenvalue weighted by Crippen LogP contribution is 2.25. The number of hydrogen-bond acceptors (Lipinski definition) is 3. The number of nitrogens with zero attached hydrogens (tertiary/aromatic N) is 2. The van der Waals surface area contributed by atoms with Crippen molar-refractivity contribution in [3.63, 3.8) is 0 Å². The minimum atomic E-state index is -0.133. The van der Waals surface area contributed by atoms with Gasteiger partial charge in [-0.15, -0.1) is 0 Å². The normalized spacial score (nSPS) is 15.0. The fourth-order valence-corrected chi connectivity index (χ4v) is 3.15. The van der Waals surface area contributed by atoms with Gasteiger partial charge in [-0.3, -0.25) is 9.59 Å². The molecule has 0 unspecified atom stereocenters. The van der Waals surface area contributed by atoms with E-state index in [1.807, 2.05) is 0 Å². The molecule has 25 heavy (non-hydrogen) atoms. The molecule has 0 N–H and O–H groups in total. The Morgan fingerprint density at radius 1 is 1.00 bits per heavy atom. The van der Waals surface area contributed by atoms with Crippen molar-refractivity contribution >= 4 is 41.1 Å². The maximum Gasteiger partial charge on any atom is 0.257 e. The van der Waals surface area contributed by atoms with Crippen molar-refractivity contribution in [2.45, 2.75) is 0 Å². The van der Waals surface area contributed by atoms with E-state index in [4.69, 9.17) is 27.6 Å². The van der Waals surface area contributed by atoms with Crippen LogP contribution in [0, 0.1) is 0 Å². The monoisotopic (exact) mass is 378 g/mol. The summed E-state index contributed by atoms with van der Waals surface area (Å²) in [6, 6.07) is 6.83. The van der Waals surface area contributed by atoms with Gasteiger partial charge >= 0.3 is 0 Å². The molecule has 7 heteroatoms. The molecule has 1 aliphatic rings. The number of benzene rings is 1. The van der Waals surface area contributed by atoms with E-state index in [2.05, 4.69) is 0 Å². The zero-order valence-electron chi connectivity index (χ0n) is 13.3. The van der Waals surface area contributed by atoms with Crippen LogP contribution in [0.5, 0.6) is 0 Å². The lowest BCUT2D eigenvalue weighted by molar-refractivity contribution is -0.127. The largest absolute Gasteiger partial charge is 0.472 e. The zero-order chi connectivity index (χ0) is 17.8. The summed E-state index contributed by atoms with van der Waals surface area (Å²) in [7, 11) is 0. The van der Waals surface area contributed by atoms with E-state index in [0.717, 1.165) is 0 Å². The number of carbonyl (C=O) groups is 2. The molecule has 0 atom stereocenters. The van der Waals surface area contributed by atoms with Crippen molar-refractivity contribution in [3.05, 3.63) is 64.0 Å². The average Bonchev–Trinajstić information content (AvgIpc) is 3.15. The topological polar surface area (TPSA) is 53.8 Å². The van der Waals surface area contributed by atoms with Crippen molar-refractivity contribution < 1.29 is 14.0 Å². The Kier molecular flexibility index (Phi) is 5.46. The third-order valence-electron chi connectivity index (χ3n) is 4.04. The molecular weight excluding hydrogens is 363 g/mol. The van der Waals surface area contributed by atoms with E-state index in [1.54, 1.807) is 40.1 Å². The van der Waals surface area contributed by atoms with Crippen LogP contribution >= 0.6 is 23.2 Å². The van der Waals surface area contributed by atoms with Crippen LogP contribution in [0.4, 0.5) is 0 Å². The van der Waals surface area contributed by atoms with Gasteiger partial charge in [0.05, 0.1) is 11.8 Å². The highest BCUT2D eigenvalue weighted by atomic mass is 35.5. The molecule has 0 radical (unpaired) electrons. The Morgan fingerprint density at radius 2 is 1.64 bits per heavy atom. The first kappa shape index (κ1) is 17.6. The molecule has 0 spiro atoms. The third kappa shape index (κ3) is 4.06. The van der Waals surface area contributed by atoms with Crippen LogP contribution in [0.3, 0.4) is 0 Å². The highest BCUT2D eigenvalue weighted by molar-refractivity contribution is 6.37. The van der Waals surface area contributed by atoms with Crippen LogP contribution in [0.25, 0.3) is 6.08 Å². The summed E-state index contributed by atoms with van der Waals surface area (Å²) in [4.78, 5) is 28.0. The second-order valence-electron chi connectivity index (χ2n) is 5.60. The van der Waals surface area contributed by atoms with Gasteiger partial charge in [-0.25, -0.2) is 0 Å². The Hall–Kier alpha value is -2.24. The molecule has 1 aromatic carbocycles. The van der Waals surface area contributed by atoms with Gasteiger partial charge in [0.2, 0.25) is 5.91 Å². The van der Waals surface area contributed by atoms with E-state index < -0.39 is 0 Å². The number of carbonyl (C=O) groups excluding carboxylic acids is 2. The highest BCUT2D eigenvalue weighted by Gasteiger charge is 2.24. The van der Waals surface area contributed by atoms with Crippen molar-refractivity contribution in [2.24, 2.45) is 0 Å². The summed E-state index contributed by atoms with van der Waals surface area (Å²) in [5.41, 5.74) is 1.14. The second kappa shape index (κ2) is 7.76. The van der Waals surface area contributed by atoms with Crippen molar-refractivity contribution in [2.75, 3.05) is 26.2 Å². The standard InChI is InChI=1S/C18H16Cl2N2O3/c19-15-2-1-3-16(20)14(15)4-5-17(23)21-7-9-22(10-8-21)18(24)13-6-11-25-12-13/h1-6,11-12H,7-10H2/b5-4+. The van der Waals surface area contributed by atoms with Crippen molar-refractivity contribution in [1.82, 2.24) is 9.80 Å². The predicted molar refractivity (Wildman–Crippen MR) is 96.7 cm³/mol. The van der Waals surface area contributed by atoms with Crippen LogP contribution in [0.1, 0.15) is 15.9 Å². The van der Waals surface area contributed by atoms with Crippen LogP contribution in [-0.2, 0) is 4.79 Å². The zero-order valence-corrected chi connectivity index (χ0v) is 14.8. The number of amides is 2. The molecule has 0 bridgehead atoms. The first-order valence-corrected chi connectivity index (χ1v) is 8.54. The van der Waals surface area contributed by atoms with Gasteiger partial charge in [-0.1, -0.05) is 29.3 Å². The summed E-state index contributed by atoms with van der Waals surface area (Å²) < 4.78 is 4.94. The van der Waals surface area contributed by atoms with Gasteiger partial charge in [-0.2, -0.15) is 0 Å². The van der Waals surface area contributed by atoms with Crippen LogP contribution in [-0.4, -0.2) is 47.8 Å². The Labute approximate surface area is 155 Å². The predicted octanol–water partition coefficient (Wildman–Crippen LogP) is 3.58. The molecule has 130 valence electrons. The summed E-state index contributed by atoms with van der Waals surface area (Å²) in [6.07, 6.45) is 5.98. The molecule has 1 fully saturated rings. The lowest BCUT2D eigenvalue weighted by Gasteiger charge is -2.34. The lowest BCUT2D eigenvalue weighted by atomic mass is 10.2. The van der Waals surface area contributed by atoms with E-state index >= 15 is 0 Å². The fourth-order valence-electron chi connectivity index (χ4n) is 2.63.